The summed E-state index contributed by atoms with van der Waals surface area (Å²) in [6.45, 7) is 6.40. The van der Waals surface area contributed by atoms with E-state index in [-0.39, 0.29) is 5.54 Å². The van der Waals surface area contributed by atoms with Crippen molar-refractivity contribution < 1.29 is 9.53 Å². The van der Waals surface area contributed by atoms with E-state index in [2.05, 4.69) is 27.2 Å². The molecular weight excluding hydrogens is 334 g/mol. The molecule has 1 aromatic rings. The maximum atomic E-state index is 12.4. The van der Waals surface area contributed by atoms with E-state index >= 15 is 0 Å². The molecular formula is C19H29N3O2S. The van der Waals surface area contributed by atoms with Crippen LogP contribution in [0.15, 0.2) is 5.38 Å². The normalized spacial score (nSPS) is 26.5. The second-order valence-electron chi connectivity index (χ2n) is 8.20. The number of likely N-dealkylation sites (tertiary alicyclic amines) is 2. The van der Waals surface area contributed by atoms with Gasteiger partial charge >= 0.3 is 0 Å². The van der Waals surface area contributed by atoms with Crippen LogP contribution in [0.2, 0.25) is 0 Å². The van der Waals surface area contributed by atoms with E-state index in [1.165, 1.54) is 12.8 Å². The van der Waals surface area contributed by atoms with Gasteiger partial charge in [-0.2, -0.15) is 0 Å². The van der Waals surface area contributed by atoms with Gasteiger partial charge in [0.25, 0.3) is 0 Å². The Labute approximate surface area is 154 Å². The third-order valence-electron chi connectivity index (χ3n) is 6.36. The second kappa shape index (κ2) is 6.97. The van der Waals surface area contributed by atoms with Gasteiger partial charge in [0.1, 0.15) is 0 Å². The van der Waals surface area contributed by atoms with Crippen molar-refractivity contribution in [2.45, 2.75) is 51.2 Å². The minimum absolute atomic E-state index is 0.197. The lowest BCUT2D eigenvalue weighted by Gasteiger charge is -2.59. The molecule has 138 valence electrons. The van der Waals surface area contributed by atoms with E-state index in [1.807, 2.05) is 6.92 Å². The number of carbonyl (C=O) groups is 1. The predicted octanol–water partition coefficient (Wildman–Crippen LogP) is 2.69. The average Bonchev–Trinajstić information content (AvgIpc) is 2.90. The second-order valence-corrected chi connectivity index (χ2v) is 9.26. The highest BCUT2D eigenvalue weighted by molar-refractivity contribution is 7.09. The molecule has 0 aromatic carbocycles. The van der Waals surface area contributed by atoms with Crippen LogP contribution in [-0.2, 0) is 16.1 Å². The van der Waals surface area contributed by atoms with Gasteiger partial charge in [0, 0.05) is 24.4 Å². The van der Waals surface area contributed by atoms with Crippen LogP contribution in [-0.4, -0.2) is 59.5 Å². The molecule has 1 aromatic heterocycles. The Morgan fingerprint density at radius 3 is 2.84 bits per heavy atom. The maximum absolute atomic E-state index is 12.4. The van der Waals surface area contributed by atoms with Crippen LogP contribution in [0.3, 0.4) is 0 Å². The summed E-state index contributed by atoms with van der Waals surface area (Å²) in [6.07, 6.45) is 5.77. The summed E-state index contributed by atoms with van der Waals surface area (Å²) >= 11 is 1.68. The van der Waals surface area contributed by atoms with Gasteiger partial charge in [-0.3, -0.25) is 9.69 Å². The zero-order valence-electron chi connectivity index (χ0n) is 15.4. The van der Waals surface area contributed by atoms with E-state index in [9.17, 15) is 4.79 Å². The third-order valence-corrected chi connectivity index (χ3v) is 7.18. The fourth-order valence-electron chi connectivity index (χ4n) is 4.46. The monoisotopic (exact) mass is 363 g/mol. The molecule has 2 saturated heterocycles. The van der Waals surface area contributed by atoms with Crippen LogP contribution in [0.25, 0.3) is 0 Å². The Bertz CT molecular complexity index is 622. The smallest absolute Gasteiger partial charge is 0.225 e. The minimum atomic E-state index is 0.197. The summed E-state index contributed by atoms with van der Waals surface area (Å²) in [5.74, 6) is 1.33. The van der Waals surface area contributed by atoms with Crippen molar-refractivity contribution in [2.24, 2.45) is 11.8 Å². The molecule has 0 unspecified atom stereocenters. The number of aryl methyl sites for hydroxylation is 1. The molecule has 1 spiro atoms. The fraction of sp³-hybridized carbons (Fsp3) is 0.789. The average molecular weight is 364 g/mol. The number of likely N-dealkylation sites (N-methyl/N-ethyl adjacent to an activating group) is 1. The molecule has 4 rings (SSSR count). The molecule has 1 atom stereocenters. The van der Waals surface area contributed by atoms with Gasteiger partial charge < -0.3 is 9.64 Å². The van der Waals surface area contributed by atoms with Gasteiger partial charge in [0.05, 0.1) is 29.5 Å². The molecule has 3 fully saturated rings. The minimum Gasteiger partial charge on any atom is -0.375 e. The molecule has 0 radical (unpaired) electrons. The van der Waals surface area contributed by atoms with Crippen LogP contribution in [0, 0.1) is 18.8 Å². The highest BCUT2D eigenvalue weighted by Crippen LogP contribution is 2.40. The number of piperidine rings is 1. The van der Waals surface area contributed by atoms with E-state index < -0.39 is 0 Å². The van der Waals surface area contributed by atoms with Gasteiger partial charge in [-0.05, 0) is 52.1 Å². The molecule has 1 amide bonds. The lowest BCUT2D eigenvalue weighted by molar-refractivity contribution is -0.158. The largest absolute Gasteiger partial charge is 0.375 e. The lowest BCUT2D eigenvalue weighted by Crippen LogP contribution is -2.73. The molecule has 0 bridgehead atoms. The fourth-order valence-corrected chi connectivity index (χ4v) is 5.06. The Balaban J connectivity index is 1.26. The maximum Gasteiger partial charge on any atom is 0.225 e. The summed E-state index contributed by atoms with van der Waals surface area (Å²) < 4.78 is 5.95. The van der Waals surface area contributed by atoms with Gasteiger partial charge in [0.2, 0.25) is 5.91 Å². The van der Waals surface area contributed by atoms with Gasteiger partial charge in [-0.1, -0.05) is 6.42 Å². The number of rotatable bonds is 5. The number of thiazole rings is 1. The number of amides is 1. The first-order valence-electron chi connectivity index (χ1n) is 9.54. The zero-order valence-corrected chi connectivity index (χ0v) is 16.2. The number of aromatic nitrogens is 1. The standard InChI is InChI=1S/C19H29N3O2S/c1-14-20-17(11-25-14)10-24-9-15-6-7-21(2)19(8-15)12-22(13-19)18(23)16-4-3-5-16/h11,15-16H,3-10,12-13H2,1-2H3/t15-/m1/s1. The van der Waals surface area contributed by atoms with Crippen LogP contribution < -0.4 is 0 Å². The molecule has 3 heterocycles. The van der Waals surface area contributed by atoms with Gasteiger partial charge in [0.15, 0.2) is 0 Å². The first-order valence-corrected chi connectivity index (χ1v) is 10.4. The number of hydrogen-bond donors (Lipinski definition) is 0. The van der Waals surface area contributed by atoms with Gasteiger partial charge in [-0.15, -0.1) is 11.3 Å². The molecule has 1 aliphatic carbocycles. The molecule has 0 N–H and O–H groups in total. The Morgan fingerprint density at radius 1 is 1.40 bits per heavy atom. The van der Waals surface area contributed by atoms with Crippen LogP contribution in [0.4, 0.5) is 0 Å². The molecule has 2 aliphatic heterocycles. The summed E-state index contributed by atoms with van der Waals surface area (Å²) in [5, 5.41) is 3.18. The van der Waals surface area contributed by atoms with Crippen molar-refractivity contribution in [2.75, 3.05) is 33.3 Å². The SMILES string of the molecule is Cc1nc(COC[C@@H]2CCN(C)C3(C2)CN(C(=O)C2CCC2)C3)cs1. The third kappa shape index (κ3) is 3.49. The van der Waals surface area contributed by atoms with Crippen molar-refractivity contribution in [1.29, 1.82) is 0 Å². The summed E-state index contributed by atoms with van der Waals surface area (Å²) in [5.41, 5.74) is 1.24. The predicted molar refractivity (Wildman–Crippen MR) is 98.5 cm³/mol. The number of hydrogen-bond acceptors (Lipinski definition) is 5. The van der Waals surface area contributed by atoms with E-state index in [0.29, 0.717) is 24.3 Å². The number of carbonyl (C=O) groups excluding carboxylic acids is 1. The van der Waals surface area contributed by atoms with Crippen molar-refractivity contribution in [3.05, 3.63) is 16.1 Å². The van der Waals surface area contributed by atoms with Crippen molar-refractivity contribution in [3.8, 4) is 0 Å². The van der Waals surface area contributed by atoms with Crippen molar-refractivity contribution in [3.63, 3.8) is 0 Å². The highest BCUT2D eigenvalue weighted by atomic mass is 32.1. The van der Waals surface area contributed by atoms with Crippen LogP contribution in [0.5, 0.6) is 0 Å². The first-order chi connectivity index (χ1) is 12.1. The Morgan fingerprint density at radius 2 is 2.20 bits per heavy atom. The van der Waals surface area contributed by atoms with Gasteiger partial charge in [-0.25, -0.2) is 4.98 Å². The highest BCUT2D eigenvalue weighted by Gasteiger charge is 2.51. The molecule has 5 nitrogen and oxygen atoms in total. The number of nitrogens with zero attached hydrogens (tertiary/aromatic N) is 3. The molecule has 6 heteroatoms. The topological polar surface area (TPSA) is 45.7 Å². The van der Waals surface area contributed by atoms with E-state index in [4.69, 9.17) is 4.74 Å². The molecule has 3 aliphatic rings. The summed E-state index contributed by atoms with van der Waals surface area (Å²) in [4.78, 5) is 21.5. The van der Waals surface area contributed by atoms with Crippen molar-refractivity contribution in [1.82, 2.24) is 14.8 Å². The van der Waals surface area contributed by atoms with Crippen LogP contribution in [0.1, 0.15) is 42.8 Å². The van der Waals surface area contributed by atoms with E-state index in [0.717, 1.165) is 56.2 Å². The number of ether oxygens (including phenoxy) is 1. The van der Waals surface area contributed by atoms with E-state index in [1.54, 1.807) is 11.3 Å². The zero-order chi connectivity index (χ0) is 17.4. The van der Waals surface area contributed by atoms with Crippen LogP contribution >= 0.6 is 11.3 Å². The Kier molecular flexibility index (Phi) is 4.86. The first kappa shape index (κ1) is 17.4. The molecule has 1 saturated carbocycles. The summed E-state index contributed by atoms with van der Waals surface area (Å²) in [6, 6.07) is 0. The molecule has 25 heavy (non-hydrogen) atoms. The summed E-state index contributed by atoms with van der Waals surface area (Å²) in [7, 11) is 2.22. The Hall–Kier alpha value is -0.980. The lowest BCUT2D eigenvalue weighted by atomic mass is 9.74. The van der Waals surface area contributed by atoms with Crippen molar-refractivity contribution >= 4 is 17.2 Å². The quantitative estimate of drug-likeness (QED) is 0.807.